The summed E-state index contributed by atoms with van der Waals surface area (Å²) in [4.78, 5) is 8.71. The Balaban J connectivity index is 1.47. The standard InChI is InChI=1S/C21H30N2OS/c1-3-8-20-17(2)22-21(25-20)18-9-11-19(12-10-18)24-16-7-15-23-13-5-4-6-14-23/h9-12H,3-8,13-16H2,1-2H3. The van der Waals surface area contributed by atoms with E-state index in [4.69, 9.17) is 9.72 Å². The summed E-state index contributed by atoms with van der Waals surface area (Å²) in [5, 5.41) is 1.12. The van der Waals surface area contributed by atoms with Crippen LogP contribution in [-0.2, 0) is 6.42 Å². The van der Waals surface area contributed by atoms with Crippen LogP contribution in [0.4, 0.5) is 0 Å². The molecule has 3 rings (SSSR count). The summed E-state index contributed by atoms with van der Waals surface area (Å²) < 4.78 is 5.91. The summed E-state index contributed by atoms with van der Waals surface area (Å²) in [7, 11) is 0. The van der Waals surface area contributed by atoms with Gasteiger partial charge in [0.05, 0.1) is 12.3 Å². The van der Waals surface area contributed by atoms with Crippen molar-refractivity contribution in [3.63, 3.8) is 0 Å². The number of thiazole rings is 1. The molecule has 136 valence electrons. The molecule has 1 saturated heterocycles. The molecule has 2 heterocycles. The van der Waals surface area contributed by atoms with Gasteiger partial charge < -0.3 is 9.64 Å². The summed E-state index contributed by atoms with van der Waals surface area (Å²) in [5.41, 5.74) is 2.37. The molecule has 1 aliphatic rings. The van der Waals surface area contributed by atoms with Crippen molar-refractivity contribution < 1.29 is 4.74 Å². The van der Waals surface area contributed by atoms with E-state index in [-0.39, 0.29) is 0 Å². The van der Waals surface area contributed by atoms with Gasteiger partial charge in [-0.05, 0) is 70.0 Å². The first-order chi connectivity index (χ1) is 12.3. The molecule has 0 bridgehead atoms. The highest BCUT2D eigenvalue weighted by Crippen LogP contribution is 2.29. The van der Waals surface area contributed by atoms with Crippen molar-refractivity contribution in [1.82, 2.24) is 9.88 Å². The zero-order chi connectivity index (χ0) is 17.5. The third-order valence-electron chi connectivity index (χ3n) is 4.81. The molecule has 1 aromatic carbocycles. The zero-order valence-electron chi connectivity index (χ0n) is 15.6. The van der Waals surface area contributed by atoms with Crippen LogP contribution >= 0.6 is 11.3 Å². The van der Waals surface area contributed by atoms with Crippen LogP contribution in [0.3, 0.4) is 0 Å². The zero-order valence-corrected chi connectivity index (χ0v) is 16.4. The van der Waals surface area contributed by atoms with Gasteiger partial charge in [-0.1, -0.05) is 19.8 Å². The Bertz CT molecular complexity index is 644. The molecule has 0 aliphatic carbocycles. The van der Waals surface area contributed by atoms with E-state index in [1.165, 1.54) is 54.9 Å². The normalized spacial score (nSPS) is 15.4. The second-order valence-electron chi connectivity index (χ2n) is 6.91. The minimum atomic E-state index is 0.798. The fraction of sp³-hybridized carbons (Fsp3) is 0.571. The predicted octanol–water partition coefficient (Wildman–Crippen LogP) is 5.33. The minimum Gasteiger partial charge on any atom is -0.494 e. The van der Waals surface area contributed by atoms with Gasteiger partial charge in [0.25, 0.3) is 0 Å². The molecule has 0 N–H and O–H groups in total. The second kappa shape index (κ2) is 9.35. The Morgan fingerprint density at radius 1 is 1.12 bits per heavy atom. The van der Waals surface area contributed by atoms with Crippen LogP contribution in [-0.4, -0.2) is 36.1 Å². The van der Waals surface area contributed by atoms with Gasteiger partial charge in [-0.2, -0.15) is 0 Å². The number of ether oxygens (including phenoxy) is 1. The van der Waals surface area contributed by atoms with Crippen LogP contribution in [0.25, 0.3) is 10.6 Å². The molecule has 3 nitrogen and oxygen atoms in total. The smallest absolute Gasteiger partial charge is 0.123 e. The lowest BCUT2D eigenvalue weighted by atomic mass is 10.1. The Morgan fingerprint density at radius 2 is 1.88 bits per heavy atom. The molecular formula is C21H30N2OS. The number of hydrogen-bond donors (Lipinski definition) is 0. The molecule has 0 spiro atoms. The van der Waals surface area contributed by atoms with Crippen LogP contribution < -0.4 is 4.74 Å². The van der Waals surface area contributed by atoms with Crippen molar-refractivity contribution in [2.45, 2.75) is 52.4 Å². The lowest BCUT2D eigenvalue weighted by Gasteiger charge is -2.26. The predicted molar refractivity (Wildman–Crippen MR) is 107 cm³/mol. The van der Waals surface area contributed by atoms with Crippen molar-refractivity contribution >= 4 is 11.3 Å². The van der Waals surface area contributed by atoms with Gasteiger partial charge in [0.1, 0.15) is 10.8 Å². The van der Waals surface area contributed by atoms with E-state index in [1.807, 2.05) is 11.3 Å². The number of likely N-dealkylation sites (tertiary alicyclic amines) is 1. The van der Waals surface area contributed by atoms with Crippen LogP contribution in [0, 0.1) is 6.92 Å². The Hall–Kier alpha value is -1.39. The summed E-state index contributed by atoms with van der Waals surface area (Å²) in [6.45, 7) is 8.83. The summed E-state index contributed by atoms with van der Waals surface area (Å²) in [5.74, 6) is 0.962. The molecule has 0 radical (unpaired) electrons. The van der Waals surface area contributed by atoms with Crippen molar-refractivity contribution in [1.29, 1.82) is 0 Å². The van der Waals surface area contributed by atoms with Gasteiger partial charge in [0.15, 0.2) is 0 Å². The molecule has 4 heteroatoms. The van der Waals surface area contributed by atoms with Gasteiger partial charge in [0, 0.05) is 17.0 Å². The molecule has 0 unspecified atom stereocenters. The van der Waals surface area contributed by atoms with Crippen molar-refractivity contribution in [2.75, 3.05) is 26.2 Å². The first-order valence-electron chi connectivity index (χ1n) is 9.68. The average molecular weight is 359 g/mol. The summed E-state index contributed by atoms with van der Waals surface area (Å²) in [6, 6.07) is 8.42. The molecule has 1 aliphatic heterocycles. The van der Waals surface area contributed by atoms with Crippen molar-refractivity contribution in [2.24, 2.45) is 0 Å². The Kier molecular flexibility index (Phi) is 6.88. The average Bonchev–Trinajstić information content (AvgIpc) is 3.01. The number of aryl methyl sites for hydroxylation is 2. The van der Waals surface area contributed by atoms with E-state index < -0.39 is 0 Å². The number of piperidine rings is 1. The topological polar surface area (TPSA) is 25.4 Å². The molecule has 0 amide bonds. The third kappa shape index (κ3) is 5.29. The Morgan fingerprint density at radius 3 is 2.60 bits per heavy atom. The van der Waals surface area contributed by atoms with Gasteiger partial charge >= 0.3 is 0 Å². The van der Waals surface area contributed by atoms with Gasteiger partial charge in [-0.3, -0.25) is 0 Å². The maximum atomic E-state index is 5.91. The summed E-state index contributed by atoms with van der Waals surface area (Å²) in [6.07, 6.45) is 7.52. The van der Waals surface area contributed by atoms with Gasteiger partial charge in [0.2, 0.25) is 0 Å². The summed E-state index contributed by atoms with van der Waals surface area (Å²) >= 11 is 1.82. The maximum Gasteiger partial charge on any atom is 0.123 e. The van der Waals surface area contributed by atoms with Gasteiger partial charge in [-0.25, -0.2) is 4.98 Å². The molecule has 1 aromatic heterocycles. The number of benzene rings is 1. The van der Waals surface area contributed by atoms with Crippen molar-refractivity contribution in [3.8, 4) is 16.3 Å². The fourth-order valence-corrected chi connectivity index (χ4v) is 4.53. The highest BCUT2D eigenvalue weighted by atomic mass is 32.1. The quantitative estimate of drug-likeness (QED) is 0.597. The van der Waals surface area contributed by atoms with Gasteiger partial charge in [-0.15, -0.1) is 11.3 Å². The molecule has 0 atom stereocenters. The second-order valence-corrected chi connectivity index (χ2v) is 7.99. The minimum absolute atomic E-state index is 0.798. The van der Waals surface area contributed by atoms with E-state index >= 15 is 0 Å². The molecule has 1 fully saturated rings. The highest BCUT2D eigenvalue weighted by Gasteiger charge is 2.10. The van der Waals surface area contributed by atoms with E-state index in [0.717, 1.165) is 36.8 Å². The fourth-order valence-electron chi connectivity index (χ4n) is 3.37. The number of nitrogens with zero attached hydrogens (tertiary/aromatic N) is 2. The molecule has 25 heavy (non-hydrogen) atoms. The van der Waals surface area contributed by atoms with E-state index in [9.17, 15) is 0 Å². The van der Waals surface area contributed by atoms with E-state index in [2.05, 4.69) is 43.0 Å². The monoisotopic (exact) mass is 358 g/mol. The third-order valence-corrected chi connectivity index (χ3v) is 6.07. The molecule has 0 saturated carbocycles. The molecule has 2 aromatic rings. The van der Waals surface area contributed by atoms with Crippen LogP contribution in [0.2, 0.25) is 0 Å². The lowest BCUT2D eigenvalue weighted by Crippen LogP contribution is -2.31. The van der Waals surface area contributed by atoms with E-state index in [1.54, 1.807) is 0 Å². The number of hydrogen-bond acceptors (Lipinski definition) is 4. The van der Waals surface area contributed by atoms with Crippen molar-refractivity contribution in [3.05, 3.63) is 34.8 Å². The SMILES string of the molecule is CCCc1sc(-c2ccc(OCCCN3CCCCC3)cc2)nc1C. The number of rotatable bonds is 8. The first-order valence-corrected chi connectivity index (χ1v) is 10.5. The van der Waals surface area contributed by atoms with Crippen LogP contribution in [0.15, 0.2) is 24.3 Å². The highest BCUT2D eigenvalue weighted by molar-refractivity contribution is 7.15. The lowest BCUT2D eigenvalue weighted by molar-refractivity contribution is 0.205. The molecular weight excluding hydrogens is 328 g/mol. The van der Waals surface area contributed by atoms with Crippen LogP contribution in [0.1, 0.15) is 49.6 Å². The number of aromatic nitrogens is 1. The first kappa shape index (κ1) is 18.4. The Labute approximate surface area is 156 Å². The largest absolute Gasteiger partial charge is 0.494 e. The van der Waals surface area contributed by atoms with E-state index in [0.29, 0.717) is 0 Å². The van der Waals surface area contributed by atoms with Crippen LogP contribution in [0.5, 0.6) is 5.75 Å². The maximum absolute atomic E-state index is 5.91.